The molecule has 0 heterocycles. The van der Waals surface area contributed by atoms with Gasteiger partial charge in [0.15, 0.2) is 0 Å². The fourth-order valence-electron chi connectivity index (χ4n) is 3.32. The molecule has 0 radical (unpaired) electrons. The summed E-state index contributed by atoms with van der Waals surface area (Å²) >= 11 is 0. The van der Waals surface area contributed by atoms with E-state index in [1.165, 1.54) is 36.8 Å². The molecule has 1 aromatic carbocycles. The Morgan fingerprint density at radius 2 is 1.75 bits per heavy atom. The van der Waals surface area contributed by atoms with E-state index in [1.54, 1.807) is 0 Å². The zero-order valence-electron chi connectivity index (χ0n) is 12.7. The van der Waals surface area contributed by atoms with E-state index in [0.717, 1.165) is 12.3 Å². The minimum absolute atomic E-state index is 0.224. The lowest BCUT2D eigenvalue weighted by atomic mass is 9.81. The molecule has 0 saturated heterocycles. The van der Waals surface area contributed by atoms with E-state index in [4.69, 9.17) is 5.11 Å². The summed E-state index contributed by atoms with van der Waals surface area (Å²) in [7, 11) is 4.02. The molecule has 1 aromatic rings. The lowest BCUT2D eigenvalue weighted by Gasteiger charge is -2.28. The summed E-state index contributed by atoms with van der Waals surface area (Å²) in [6, 6.07) is 9.97. The summed E-state index contributed by atoms with van der Waals surface area (Å²) in [6.07, 6.45) is 5.91. The topological polar surface area (TPSA) is 44.3 Å². The SMILES string of the molecule is CNC1CCC(c2ccc(C(CCO)NC)cc2)CC1. The van der Waals surface area contributed by atoms with Gasteiger partial charge in [-0.3, -0.25) is 0 Å². The van der Waals surface area contributed by atoms with E-state index in [1.807, 2.05) is 7.05 Å². The molecule has 112 valence electrons. The van der Waals surface area contributed by atoms with Crippen LogP contribution in [0.1, 0.15) is 55.2 Å². The summed E-state index contributed by atoms with van der Waals surface area (Å²) in [6.45, 7) is 0.224. The fraction of sp³-hybridized carbons (Fsp3) is 0.647. The number of benzene rings is 1. The van der Waals surface area contributed by atoms with Gasteiger partial charge < -0.3 is 15.7 Å². The molecule has 0 aromatic heterocycles. The first-order valence-corrected chi connectivity index (χ1v) is 7.83. The van der Waals surface area contributed by atoms with Crippen LogP contribution in [0.4, 0.5) is 0 Å². The molecule has 0 aliphatic heterocycles. The van der Waals surface area contributed by atoms with E-state index < -0.39 is 0 Å². The van der Waals surface area contributed by atoms with Crippen molar-refractivity contribution in [2.24, 2.45) is 0 Å². The summed E-state index contributed by atoms with van der Waals surface area (Å²) < 4.78 is 0. The van der Waals surface area contributed by atoms with E-state index in [9.17, 15) is 0 Å². The van der Waals surface area contributed by atoms with Crippen LogP contribution in [0.2, 0.25) is 0 Å². The van der Waals surface area contributed by atoms with Gasteiger partial charge in [0.05, 0.1) is 0 Å². The Balaban J connectivity index is 1.97. The van der Waals surface area contributed by atoms with Crippen molar-refractivity contribution in [1.82, 2.24) is 10.6 Å². The molecular formula is C17H28N2O. The van der Waals surface area contributed by atoms with Crippen LogP contribution in [0.3, 0.4) is 0 Å². The average Bonchev–Trinajstić information content (AvgIpc) is 2.53. The number of nitrogens with one attached hydrogen (secondary N) is 2. The molecule has 0 bridgehead atoms. The minimum atomic E-state index is 0.224. The lowest BCUT2D eigenvalue weighted by molar-refractivity contribution is 0.269. The van der Waals surface area contributed by atoms with Gasteiger partial charge in [0.2, 0.25) is 0 Å². The first-order chi connectivity index (χ1) is 9.78. The van der Waals surface area contributed by atoms with Crippen LogP contribution >= 0.6 is 0 Å². The maximum atomic E-state index is 9.09. The zero-order chi connectivity index (χ0) is 14.4. The number of rotatable bonds is 6. The highest BCUT2D eigenvalue weighted by atomic mass is 16.3. The molecule has 2 rings (SSSR count). The smallest absolute Gasteiger partial charge is 0.0449 e. The van der Waals surface area contributed by atoms with Crippen LogP contribution in [0.25, 0.3) is 0 Å². The van der Waals surface area contributed by atoms with Gasteiger partial charge in [0, 0.05) is 18.7 Å². The molecule has 3 N–H and O–H groups in total. The van der Waals surface area contributed by atoms with E-state index in [2.05, 4.69) is 41.9 Å². The Labute approximate surface area is 122 Å². The Hall–Kier alpha value is -0.900. The maximum Gasteiger partial charge on any atom is 0.0449 e. The Kier molecular flexibility index (Phi) is 6.02. The molecule has 1 atom stereocenters. The highest BCUT2D eigenvalue weighted by Gasteiger charge is 2.21. The molecular weight excluding hydrogens is 248 g/mol. The second-order valence-corrected chi connectivity index (χ2v) is 5.86. The number of aliphatic hydroxyl groups is 1. The van der Waals surface area contributed by atoms with Crippen LogP contribution in [0.5, 0.6) is 0 Å². The minimum Gasteiger partial charge on any atom is -0.396 e. The number of hydrogen-bond acceptors (Lipinski definition) is 3. The van der Waals surface area contributed by atoms with Crippen molar-refractivity contribution in [3.8, 4) is 0 Å². The molecule has 3 nitrogen and oxygen atoms in total. The normalized spacial score (nSPS) is 24.6. The van der Waals surface area contributed by atoms with Gasteiger partial charge in [-0.15, -0.1) is 0 Å². The molecule has 1 saturated carbocycles. The number of aliphatic hydroxyl groups excluding tert-OH is 1. The molecule has 1 fully saturated rings. The van der Waals surface area contributed by atoms with Crippen molar-refractivity contribution < 1.29 is 5.11 Å². The Bertz CT molecular complexity index is 382. The summed E-state index contributed by atoms with van der Waals surface area (Å²) in [4.78, 5) is 0. The van der Waals surface area contributed by atoms with Gasteiger partial charge in [0.25, 0.3) is 0 Å². The van der Waals surface area contributed by atoms with E-state index in [0.29, 0.717) is 6.04 Å². The van der Waals surface area contributed by atoms with Crippen LogP contribution < -0.4 is 10.6 Å². The first-order valence-electron chi connectivity index (χ1n) is 7.83. The standard InChI is InChI=1S/C17H28N2O/c1-18-16-9-7-14(8-10-16)13-3-5-15(6-4-13)17(19-2)11-12-20/h3-6,14,16-20H,7-12H2,1-2H3. The Morgan fingerprint density at radius 3 is 2.25 bits per heavy atom. The van der Waals surface area contributed by atoms with Crippen molar-refractivity contribution in [3.05, 3.63) is 35.4 Å². The van der Waals surface area contributed by atoms with Gasteiger partial charge in [-0.1, -0.05) is 24.3 Å². The second kappa shape index (κ2) is 7.77. The van der Waals surface area contributed by atoms with Crippen LogP contribution in [0.15, 0.2) is 24.3 Å². The largest absolute Gasteiger partial charge is 0.396 e. The zero-order valence-corrected chi connectivity index (χ0v) is 12.7. The Morgan fingerprint density at radius 1 is 1.10 bits per heavy atom. The molecule has 1 unspecified atom stereocenters. The van der Waals surface area contributed by atoms with Crippen molar-refractivity contribution in [3.63, 3.8) is 0 Å². The predicted molar refractivity (Wildman–Crippen MR) is 84.0 cm³/mol. The van der Waals surface area contributed by atoms with Crippen molar-refractivity contribution in [2.75, 3.05) is 20.7 Å². The predicted octanol–water partition coefficient (Wildman–Crippen LogP) is 2.58. The first kappa shape index (κ1) is 15.5. The second-order valence-electron chi connectivity index (χ2n) is 5.86. The van der Waals surface area contributed by atoms with Crippen molar-refractivity contribution >= 4 is 0 Å². The third kappa shape index (κ3) is 3.81. The van der Waals surface area contributed by atoms with Gasteiger partial charge in [-0.2, -0.15) is 0 Å². The van der Waals surface area contributed by atoms with Gasteiger partial charge in [0.1, 0.15) is 0 Å². The number of hydrogen-bond donors (Lipinski definition) is 3. The fourth-order valence-corrected chi connectivity index (χ4v) is 3.32. The highest BCUT2D eigenvalue weighted by Crippen LogP contribution is 2.33. The van der Waals surface area contributed by atoms with Crippen LogP contribution in [0, 0.1) is 0 Å². The maximum absolute atomic E-state index is 9.09. The summed E-state index contributed by atoms with van der Waals surface area (Å²) in [5.41, 5.74) is 2.75. The third-order valence-electron chi connectivity index (χ3n) is 4.71. The summed E-state index contributed by atoms with van der Waals surface area (Å²) in [5, 5.41) is 15.7. The van der Waals surface area contributed by atoms with Gasteiger partial charge in [-0.05, 0) is 63.2 Å². The van der Waals surface area contributed by atoms with Crippen LogP contribution in [-0.4, -0.2) is 31.9 Å². The molecule has 1 aliphatic carbocycles. The average molecular weight is 276 g/mol. The van der Waals surface area contributed by atoms with E-state index >= 15 is 0 Å². The molecule has 3 heteroatoms. The molecule has 20 heavy (non-hydrogen) atoms. The van der Waals surface area contributed by atoms with Crippen molar-refractivity contribution in [2.45, 2.75) is 50.1 Å². The van der Waals surface area contributed by atoms with Gasteiger partial charge in [-0.25, -0.2) is 0 Å². The van der Waals surface area contributed by atoms with Crippen LogP contribution in [-0.2, 0) is 0 Å². The van der Waals surface area contributed by atoms with E-state index in [-0.39, 0.29) is 12.6 Å². The third-order valence-corrected chi connectivity index (χ3v) is 4.71. The van der Waals surface area contributed by atoms with Crippen molar-refractivity contribution in [1.29, 1.82) is 0 Å². The monoisotopic (exact) mass is 276 g/mol. The molecule has 0 spiro atoms. The molecule has 0 amide bonds. The quantitative estimate of drug-likeness (QED) is 0.748. The highest BCUT2D eigenvalue weighted by molar-refractivity contribution is 5.28. The molecule has 1 aliphatic rings. The lowest BCUT2D eigenvalue weighted by Crippen LogP contribution is -2.29. The van der Waals surface area contributed by atoms with Gasteiger partial charge >= 0.3 is 0 Å². The summed E-state index contributed by atoms with van der Waals surface area (Å²) in [5.74, 6) is 0.722.